The van der Waals surface area contributed by atoms with Crippen LogP contribution in [0, 0.1) is 5.92 Å². The van der Waals surface area contributed by atoms with Gasteiger partial charge < -0.3 is 15.3 Å². The Morgan fingerprint density at radius 1 is 1.00 bits per heavy atom. The number of hydrogen-bond acceptors (Lipinski definition) is 3. The first-order valence-corrected chi connectivity index (χ1v) is 8.93. The van der Waals surface area contributed by atoms with Crippen LogP contribution in [0.3, 0.4) is 0 Å². The number of benzene rings is 2. The van der Waals surface area contributed by atoms with Gasteiger partial charge in [-0.05, 0) is 48.6 Å². The van der Waals surface area contributed by atoms with E-state index in [2.05, 4.69) is 5.32 Å². The Labute approximate surface area is 146 Å². The molecular formula is C20H22N2O3. The first-order chi connectivity index (χ1) is 12.1. The molecule has 0 spiro atoms. The van der Waals surface area contributed by atoms with Crippen LogP contribution in [0.2, 0.25) is 0 Å². The molecule has 4 rings (SSSR count). The predicted molar refractivity (Wildman–Crippen MR) is 96.4 cm³/mol. The van der Waals surface area contributed by atoms with Crippen LogP contribution in [0.25, 0.3) is 10.8 Å². The van der Waals surface area contributed by atoms with Crippen molar-refractivity contribution in [3.63, 3.8) is 0 Å². The minimum atomic E-state index is -0.324. The number of fused-ring (bicyclic) bond motifs is 1. The Hall–Kier alpha value is -2.40. The molecule has 1 saturated heterocycles. The van der Waals surface area contributed by atoms with Crippen LogP contribution < -0.4 is 5.32 Å². The molecule has 1 heterocycles. The van der Waals surface area contributed by atoms with Crippen molar-refractivity contribution in [2.45, 2.75) is 31.8 Å². The average Bonchev–Trinajstić information content (AvgIpc) is 3.46. The fourth-order valence-corrected chi connectivity index (χ4v) is 3.34. The minimum Gasteiger partial charge on any atom is -0.393 e. The van der Waals surface area contributed by atoms with Gasteiger partial charge in [0.1, 0.15) is 0 Å². The Morgan fingerprint density at radius 2 is 1.64 bits per heavy atom. The van der Waals surface area contributed by atoms with Crippen molar-refractivity contribution in [3.8, 4) is 0 Å². The molecule has 1 aliphatic carbocycles. The zero-order chi connectivity index (χ0) is 17.4. The summed E-state index contributed by atoms with van der Waals surface area (Å²) < 4.78 is 0. The van der Waals surface area contributed by atoms with Crippen LogP contribution >= 0.6 is 0 Å². The first-order valence-electron chi connectivity index (χ1n) is 8.93. The van der Waals surface area contributed by atoms with E-state index in [9.17, 15) is 14.7 Å². The van der Waals surface area contributed by atoms with E-state index in [1.807, 2.05) is 36.4 Å². The molecular weight excluding hydrogens is 316 g/mol. The normalized spacial score (nSPS) is 18.4. The van der Waals surface area contributed by atoms with Crippen LogP contribution in [0.15, 0.2) is 36.4 Å². The van der Waals surface area contributed by atoms with Gasteiger partial charge >= 0.3 is 0 Å². The van der Waals surface area contributed by atoms with Gasteiger partial charge in [0.15, 0.2) is 0 Å². The Morgan fingerprint density at radius 3 is 2.28 bits per heavy atom. The molecule has 0 unspecified atom stereocenters. The SMILES string of the molecule is O=C(Nc1cc2ccccc2cc1C(=O)N1CCC(O)CC1)C1CC1. The van der Waals surface area contributed by atoms with Gasteiger partial charge in [-0.3, -0.25) is 9.59 Å². The van der Waals surface area contributed by atoms with E-state index in [-0.39, 0.29) is 23.8 Å². The quantitative estimate of drug-likeness (QED) is 0.904. The zero-order valence-electron chi connectivity index (χ0n) is 14.1. The van der Waals surface area contributed by atoms with Gasteiger partial charge in [0.25, 0.3) is 5.91 Å². The van der Waals surface area contributed by atoms with E-state index >= 15 is 0 Å². The van der Waals surface area contributed by atoms with Crippen molar-refractivity contribution in [2.24, 2.45) is 5.92 Å². The second-order valence-corrected chi connectivity index (χ2v) is 7.03. The van der Waals surface area contributed by atoms with Crippen LogP contribution in [-0.2, 0) is 4.79 Å². The molecule has 2 aromatic carbocycles. The molecule has 2 N–H and O–H groups in total. The van der Waals surface area contributed by atoms with Crippen molar-refractivity contribution < 1.29 is 14.7 Å². The zero-order valence-corrected chi connectivity index (χ0v) is 14.1. The summed E-state index contributed by atoms with van der Waals surface area (Å²) >= 11 is 0. The Kier molecular flexibility index (Phi) is 4.17. The maximum absolute atomic E-state index is 13.0. The lowest BCUT2D eigenvalue weighted by Gasteiger charge is -2.30. The molecule has 5 nitrogen and oxygen atoms in total. The van der Waals surface area contributed by atoms with E-state index in [1.54, 1.807) is 4.90 Å². The third kappa shape index (κ3) is 3.37. The molecule has 1 saturated carbocycles. The summed E-state index contributed by atoms with van der Waals surface area (Å²) in [6.07, 6.45) is 2.72. The maximum Gasteiger partial charge on any atom is 0.255 e. The third-order valence-electron chi connectivity index (χ3n) is 5.07. The van der Waals surface area contributed by atoms with Gasteiger partial charge in [-0.15, -0.1) is 0 Å². The molecule has 1 aliphatic heterocycles. The third-order valence-corrected chi connectivity index (χ3v) is 5.07. The number of aliphatic hydroxyl groups is 1. The predicted octanol–water partition coefficient (Wildman–Crippen LogP) is 2.79. The maximum atomic E-state index is 13.0. The molecule has 2 fully saturated rings. The number of nitrogens with zero attached hydrogens (tertiary/aromatic N) is 1. The van der Waals surface area contributed by atoms with E-state index < -0.39 is 0 Å². The number of piperidine rings is 1. The second-order valence-electron chi connectivity index (χ2n) is 7.03. The van der Waals surface area contributed by atoms with Gasteiger partial charge in [0, 0.05) is 19.0 Å². The van der Waals surface area contributed by atoms with Gasteiger partial charge in [-0.1, -0.05) is 24.3 Å². The van der Waals surface area contributed by atoms with E-state index in [1.165, 1.54) is 0 Å². The average molecular weight is 338 g/mol. The van der Waals surface area contributed by atoms with Crippen molar-refractivity contribution in [3.05, 3.63) is 42.0 Å². The standard InChI is InChI=1S/C20H22N2O3/c23-16-7-9-22(10-8-16)20(25)17-11-14-3-1-2-4-15(14)12-18(17)21-19(24)13-5-6-13/h1-4,11-13,16,23H,5-10H2,(H,21,24). The van der Waals surface area contributed by atoms with Gasteiger partial charge in [-0.2, -0.15) is 0 Å². The fraction of sp³-hybridized carbons (Fsp3) is 0.400. The van der Waals surface area contributed by atoms with Crippen LogP contribution in [0.5, 0.6) is 0 Å². The van der Waals surface area contributed by atoms with Crippen molar-refractivity contribution in [1.82, 2.24) is 4.90 Å². The number of carbonyl (C=O) groups excluding carboxylic acids is 2. The van der Waals surface area contributed by atoms with Crippen molar-refractivity contribution >= 4 is 28.3 Å². The van der Waals surface area contributed by atoms with E-state index in [0.29, 0.717) is 37.2 Å². The highest BCUT2D eigenvalue weighted by Crippen LogP contribution is 2.32. The summed E-state index contributed by atoms with van der Waals surface area (Å²) in [6.45, 7) is 1.09. The van der Waals surface area contributed by atoms with Crippen LogP contribution in [0.4, 0.5) is 5.69 Å². The monoisotopic (exact) mass is 338 g/mol. The number of rotatable bonds is 3. The highest BCUT2D eigenvalue weighted by Gasteiger charge is 2.31. The lowest BCUT2D eigenvalue weighted by atomic mass is 10.0. The van der Waals surface area contributed by atoms with Crippen molar-refractivity contribution in [1.29, 1.82) is 0 Å². The summed E-state index contributed by atoms with van der Waals surface area (Å²) in [5, 5.41) is 14.6. The molecule has 0 radical (unpaired) electrons. The number of aliphatic hydroxyl groups excluding tert-OH is 1. The lowest BCUT2D eigenvalue weighted by molar-refractivity contribution is -0.117. The molecule has 0 aromatic heterocycles. The van der Waals surface area contributed by atoms with Gasteiger partial charge in [0.2, 0.25) is 5.91 Å². The van der Waals surface area contributed by atoms with Crippen LogP contribution in [0.1, 0.15) is 36.0 Å². The first kappa shape index (κ1) is 16.1. The highest BCUT2D eigenvalue weighted by atomic mass is 16.3. The summed E-state index contributed by atoms with van der Waals surface area (Å²) in [6, 6.07) is 11.6. The van der Waals surface area contributed by atoms with E-state index in [4.69, 9.17) is 0 Å². The number of nitrogens with one attached hydrogen (secondary N) is 1. The molecule has 25 heavy (non-hydrogen) atoms. The largest absolute Gasteiger partial charge is 0.393 e. The molecule has 2 aliphatic rings. The Bertz CT molecular complexity index is 821. The lowest BCUT2D eigenvalue weighted by Crippen LogP contribution is -2.40. The van der Waals surface area contributed by atoms with Gasteiger partial charge in [-0.25, -0.2) is 0 Å². The summed E-state index contributed by atoms with van der Waals surface area (Å²) in [4.78, 5) is 27.0. The summed E-state index contributed by atoms with van der Waals surface area (Å²) in [5.41, 5.74) is 1.12. The molecule has 2 aromatic rings. The smallest absolute Gasteiger partial charge is 0.255 e. The fourth-order valence-electron chi connectivity index (χ4n) is 3.34. The summed E-state index contributed by atoms with van der Waals surface area (Å²) in [5.74, 6) is 0.00158. The van der Waals surface area contributed by atoms with E-state index in [0.717, 1.165) is 23.6 Å². The minimum absolute atomic E-state index is 0.00148. The number of likely N-dealkylation sites (tertiary alicyclic amines) is 1. The second kappa shape index (κ2) is 6.48. The Balaban J connectivity index is 1.69. The summed E-state index contributed by atoms with van der Waals surface area (Å²) in [7, 11) is 0. The molecule has 5 heteroatoms. The molecule has 0 atom stereocenters. The van der Waals surface area contributed by atoms with Gasteiger partial charge in [0.05, 0.1) is 17.4 Å². The van der Waals surface area contributed by atoms with Crippen molar-refractivity contribution in [2.75, 3.05) is 18.4 Å². The number of amides is 2. The molecule has 2 amide bonds. The topological polar surface area (TPSA) is 69.6 Å². The highest BCUT2D eigenvalue weighted by molar-refractivity contribution is 6.08. The molecule has 0 bridgehead atoms. The van der Waals surface area contributed by atoms with Crippen LogP contribution in [-0.4, -0.2) is 41.0 Å². The number of carbonyl (C=O) groups is 2. The molecule has 130 valence electrons. The number of hydrogen-bond donors (Lipinski definition) is 2. The number of anilines is 1.